The molecule has 0 radical (unpaired) electrons. The summed E-state index contributed by atoms with van der Waals surface area (Å²) in [6.45, 7) is 0. The first-order valence-corrected chi connectivity index (χ1v) is 8.83. The number of nitrogens with one attached hydrogen (secondary N) is 1. The van der Waals surface area contributed by atoms with Crippen LogP contribution in [0.5, 0.6) is 11.5 Å². The van der Waals surface area contributed by atoms with Gasteiger partial charge in [-0.3, -0.25) is 9.52 Å². The molecule has 2 aromatic rings. The van der Waals surface area contributed by atoms with Gasteiger partial charge in [-0.25, -0.2) is 8.42 Å². The van der Waals surface area contributed by atoms with Crippen molar-refractivity contribution in [3.05, 3.63) is 48.0 Å². The number of hydrogen-bond donors (Lipinski definition) is 1. The highest BCUT2D eigenvalue weighted by atomic mass is 32.2. The van der Waals surface area contributed by atoms with Crippen LogP contribution in [-0.2, 0) is 10.0 Å². The molecule has 0 aromatic heterocycles. The topological polar surface area (TPSA) is 84.9 Å². The lowest BCUT2D eigenvalue weighted by Crippen LogP contribution is -2.21. The summed E-state index contributed by atoms with van der Waals surface area (Å²) in [5, 5.41) is 0. The van der Waals surface area contributed by atoms with Crippen LogP contribution in [0.3, 0.4) is 0 Å². The Morgan fingerprint density at radius 2 is 1.56 bits per heavy atom. The lowest BCUT2D eigenvalue weighted by Gasteiger charge is -2.13. The molecule has 0 aliphatic heterocycles. The fourth-order valence-electron chi connectivity index (χ4n) is 2.15. The van der Waals surface area contributed by atoms with E-state index in [-0.39, 0.29) is 10.8 Å². The van der Waals surface area contributed by atoms with Gasteiger partial charge < -0.3 is 14.4 Å². The molecule has 0 saturated heterocycles. The van der Waals surface area contributed by atoms with E-state index < -0.39 is 10.0 Å². The van der Waals surface area contributed by atoms with Gasteiger partial charge >= 0.3 is 0 Å². The van der Waals surface area contributed by atoms with Crippen molar-refractivity contribution in [2.24, 2.45) is 0 Å². The van der Waals surface area contributed by atoms with E-state index in [0.717, 1.165) is 0 Å². The fourth-order valence-corrected chi connectivity index (χ4v) is 3.20. The maximum atomic E-state index is 12.5. The molecule has 0 atom stereocenters. The highest BCUT2D eigenvalue weighted by molar-refractivity contribution is 7.92. The highest BCUT2D eigenvalue weighted by Crippen LogP contribution is 2.30. The summed E-state index contributed by atoms with van der Waals surface area (Å²) in [4.78, 5) is 13.3. The van der Waals surface area contributed by atoms with E-state index in [9.17, 15) is 13.2 Å². The molecular formula is C17H20N2O5S. The van der Waals surface area contributed by atoms with Crippen molar-refractivity contribution in [3.8, 4) is 11.5 Å². The zero-order chi connectivity index (χ0) is 18.6. The predicted molar refractivity (Wildman–Crippen MR) is 94.8 cm³/mol. The molecule has 25 heavy (non-hydrogen) atoms. The summed E-state index contributed by atoms with van der Waals surface area (Å²) >= 11 is 0. The van der Waals surface area contributed by atoms with Gasteiger partial charge in [-0.15, -0.1) is 0 Å². The van der Waals surface area contributed by atoms with E-state index in [4.69, 9.17) is 9.47 Å². The van der Waals surface area contributed by atoms with Gasteiger partial charge in [0.15, 0.2) is 11.5 Å². The van der Waals surface area contributed by atoms with Crippen molar-refractivity contribution in [2.75, 3.05) is 33.0 Å². The van der Waals surface area contributed by atoms with Crippen molar-refractivity contribution in [3.63, 3.8) is 0 Å². The zero-order valence-corrected chi connectivity index (χ0v) is 15.3. The molecule has 134 valence electrons. The highest BCUT2D eigenvalue weighted by Gasteiger charge is 2.17. The average Bonchev–Trinajstić information content (AvgIpc) is 2.60. The number of nitrogens with zero attached hydrogens (tertiary/aromatic N) is 1. The summed E-state index contributed by atoms with van der Waals surface area (Å²) in [5.41, 5.74) is 0.751. The van der Waals surface area contributed by atoms with Crippen LogP contribution in [0.1, 0.15) is 10.4 Å². The Bertz CT molecular complexity index is 861. The normalized spacial score (nSPS) is 10.9. The number of sulfonamides is 1. The number of amides is 1. The van der Waals surface area contributed by atoms with Gasteiger partial charge in [0.2, 0.25) is 0 Å². The number of rotatable bonds is 6. The number of ether oxygens (including phenoxy) is 2. The number of methoxy groups -OCH3 is 2. The molecule has 7 nitrogen and oxygen atoms in total. The van der Waals surface area contributed by atoms with Gasteiger partial charge in [0, 0.05) is 25.7 Å². The molecule has 8 heteroatoms. The number of anilines is 1. The van der Waals surface area contributed by atoms with Crippen molar-refractivity contribution in [1.82, 2.24) is 4.90 Å². The van der Waals surface area contributed by atoms with E-state index in [1.807, 2.05) is 0 Å². The van der Waals surface area contributed by atoms with E-state index in [1.165, 1.54) is 49.5 Å². The Labute approximate surface area is 147 Å². The smallest absolute Gasteiger partial charge is 0.261 e. The lowest BCUT2D eigenvalue weighted by molar-refractivity contribution is 0.0827. The van der Waals surface area contributed by atoms with Crippen LogP contribution in [0.2, 0.25) is 0 Å². The van der Waals surface area contributed by atoms with Crippen LogP contribution in [-0.4, -0.2) is 47.5 Å². The SMILES string of the molecule is COc1ccc(NS(=O)(=O)c2ccc(C(=O)N(C)C)cc2)cc1OC. The van der Waals surface area contributed by atoms with Gasteiger partial charge in [0.25, 0.3) is 15.9 Å². The van der Waals surface area contributed by atoms with E-state index >= 15 is 0 Å². The maximum absolute atomic E-state index is 12.5. The Kier molecular flexibility index (Phi) is 5.53. The largest absolute Gasteiger partial charge is 0.493 e. The van der Waals surface area contributed by atoms with Crippen LogP contribution in [0.4, 0.5) is 5.69 Å². The monoisotopic (exact) mass is 364 g/mol. The fraction of sp³-hybridized carbons (Fsp3) is 0.235. The zero-order valence-electron chi connectivity index (χ0n) is 14.4. The van der Waals surface area contributed by atoms with Gasteiger partial charge in [0.05, 0.1) is 24.8 Å². The van der Waals surface area contributed by atoms with E-state index in [1.54, 1.807) is 26.2 Å². The number of carbonyl (C=O) groups excluding carboxylic acids is 1. The molecule has 0 bridgehead atoms. The molecule has 0 fully saturated rings. The minimum atomic E-state index is -3.79. The Morgan fingerprint density at radius 1 is 0.960 bits per heavy atom. The molecule has 0 spiro atoms. The first kappa shape index (κ1) is 18.6. The Balaban J connectivity index is 2.26. The Morgan fingerprint density at radius 3 is 2.08 bits per heavy atom. The molecular weight excluding hydrogens is 344 g/mol. The van der Waals surface area contributed by atoms with Crippen molar-refractivity contribution in [2.45, 2.75) is 4.90 Å². The second kappa shape index (κ2) is 7.43. The van der Waals surface area contributed by atoms with Crippen molar-refractivity contribution in [1.29, 1.82) is 0 Å². The van der Waals surface area contributed by atoms with Gasteiger partial charge in [-0.1, -0.05) is 0 Å². The second-order valence-corrected chi connectivity index (χ2v) is 7.08. The lowest BCUT2D eigenvalue weighted by atomic mass is 10.2. The molecule has 0 unspecified atom stereocenters. The van der Waals surface area contributed by atoms with Crippen molar-refractivity contribution < 1.29 is 22.7 Å². The average molecular weight is 364 g/mol. The maximum Gasteiger partial charge on any atom is 0.261 e. The van der Waals surface area contributed by atoms with Gasteiger partial charge in [-0.2, -0.15) is 0 Å². The number of carbonyl (C=O) groups is 1. The molecule has 2 aromatic carbocycles. The first-order valence-electron chi connectivity index (χ1n) is 7.35. The van der Waals surface area contributed by atoms with Crippen LogP contribution in [0.15, 0.2) is 47.4 Å². The minimum absolute atomic E-state index is 0.0533. The molecule has 2 rings (SSSR count). The second-order valence-electron chi connectivity index (χ2n) is 5.40. The summed E-state index contributed by atoms with van der Waals surface area (Å²) < 4.78 is 37.7. The van der Waals surface area contributed by atoms with E-state index in [0.29, 0.717) is 22.7 Å². The quantitative estimate of drug-likeness (QED) is 0.849. The molecule has 0 saturated carbocycles. The summed E-state index contributed by atoms with van der Waals surface area (Å²) in [7, 11) is 2.44. The predicted octanol–water partition coefficient (Wildman–Crippen LogP) is 2.21. The number of hydrogen-bond acceptors (Lipinski definition) is 5. The van der Waals surface area contributed by atoms with Crippen LogP contribution in [0, 0.1) is 0 Å². The Hall–Kier alpha value is -2.74. The summed E-state index contributed by atoms with van der Waals surface area (Å²) in [5.74, 6) is 0.712. The van der Waals surface area contributed by atoms with E-state index in [2.05, 4.69) is 4.72 Å². The minimum Gasteiger partial charge on any atom is -0.493 e. The third kappa shape index (κ3) is 4.21. The third-order valence-electron chi connectivity index (χ3n) is 3.45. The molecule has 0 heterocycles. The van der Waals surface area contributed by atoms with Crippen LogP contribution < -0.4 is 14.2 Å². The molecule has 1 amide bonds. The summed E-state index contributed by atoms with van der Waals surface area (Å²) in [6, 6.07) is 10.4. The van der Waals surface area contributed by atoms with Gasteiger partial charge in [-0.05, 0) is 36.4 Å². The standard InChI is InChI=1S/C17H20N2O5S/c1-19(2)17(20)12-5-8-14(9-6-12)25(21,22)18-13-7-10-15(23-3)16(11-13)24-4/h5-11,18H,1-4H3. The number of benzene rings is 2. The van der Waals surface area contributed by atoms with Gasteiger partial charge in [0.1, 0.15) is 0 Å². The first-order chi connectivity index (χ1) is 11.8. The summed E-state index contributed by atoms with van der Waals surface area (Å²) in [6.07, 6.45) is 0. The van der Waals surface area contributed by atoms with Crippen molar-refractivity contribution >= 4 is 21.6 Å². The third-order valence-corrected chi connectivity index (χ3v) is 4.85. The van der Waals surface area contributed by atoms with Crippen LogP contribution in [0.25, 0.3) is 0 Å². The van der Waals surface area contributed by atoms with Crippen LogP contribution >= 0.6 is 0 Å². The molecule has 1 N–H and O–H groups in total. The molecule has 0 aliphatic carbocycles. The molecule has 0 aliphatic rings.